The van der Waals surface area contributed by atoms with E-state index in [0.29, 0.717) is 6.42 Å². The van der Waals surface area contributed by atoms with E-state index >= 15 is 0 Å². The van der Waals surface area contributed by atoms with E-state index in [1.165, 1.54) is 0 Å². The van der Waals surface area contributed by atoms with Gasteiger partial charge >= 0.3 is 5.97 Å². The number of ether oxygens (including phenoxy) is 10. The van der Waals surface area contributed by atoms with E-state index in [1.54, 1.807) is 13.8 Å². The summed E-state index contributed by atoms with van der Waals surface area (Å²) < 4.78 is 62.5. The van der Waals surface area contributed by atoms with Gasteiger partial charge in [0.05, 0.1) is 19.8 Å². The standard InChI is InChI=1S/C39H54O12/c1-6-7-8-9-16-21-29(40)46-34-32(42-22-25-17-12-10-13-18-25)30-27(23-43-36(47-30)26-19-14-11-15-20-26)45-37(34)48-35(41)33-31(50-39(4,5)51-33)28-24-44-38(2,3)49-28/h10-15,17-20,27-28,30-37,41H,6-9,16,21-24H2,1-5H3/t27-,28-,30-,31-,32+,33+,34+,35?,36?,37+/m1/s1. The van der Waals surface area contributed by atoms with Gasteiger partial charge in [-0.15, -0.1) is 0 Å². The first-order chi connectivity index (χ1) is 24.5. The van der Waals surface area contributed by atoms with Crippen LogP contribution in [0, 0.1) is 0 Å². The van der Waals surface area contributed by atoms with E-state index in [1.807, 2.05) is 74.5 Å². The van der Waals surface area contributed by atoms with Crippen LogP contribution in [0.2, 0.25) is 0 Å². The quantitative estimate of drug-likeness (QED) is 0.138. The van der Waals surface area contributed by atoms with E-state index in [-0.39, 0.29) is 26.2 Å². The molecule has 4 heterocycles. The minimum atomic E-state index is -1.57. The minimum absolute atomic E-state index is 0.143. The van der Waals surface area contributed by atoms with Gasteiger partial charge in [0.1, 0.15) is 36.6 Å². The third kappa shape index (κ3) is 9.94. The lowest BCUT2D eigenvalue weighted by atomic mass is 9.96. The number of esters is 1. The fraction of sp³-hybridized carbons (Fsp3) is 0.667. The maximum Gasteiger partial charge on any atom is 0.306 e. The number of fused-ring (bicyclic) bond motifs is 1. The largest absolute Gasteiger partial charge is 0.454 e. The number of carbonyl (C=O) groups excluding carboxylic acids is 1. The van der Waals surface area contributed by atoms with Crippen molar-refractivity contribution in [2.24, 2.45) is 0 Å². The van der Waals surface area contributed by atoms with Crippen molar-refractivity contribution in [3.63, 3.8) is 0 Å². The highest BCUT2D eigenvalue weighted by molar-refractivity contribution is 5.69. The number of carbonyl (C=O) groups is 1. The highest BCUT2D eigenvalue weighted by Crippen LogP contribution is 2.40. The first-order valence-electron chi connectivity index (χ1n) is 18.4. The summed E-state index contributed by atoms with van der Waals surface area (Å²) >= 11 is 0. The fourth-order valence-corrected chi connectivity index (χ4v) is 7.02. The molecule has 282 valence electrons. The average Bonchev–Trinajstić information content (AvgIpc) is 3.65. The first kappa shape index (κ1) is 38.2. The van der Waals surface area contributed by atoms with Crippen molar-refractivity contribution in [2.75, 3.05) is 13.2 Å². The van der Waals surface area contributed by atoms with Gasteiger partial charge < -0.3 is 52.5 Å². The van der Waals surface area contributed by atoms with Crippen LogP contribution in [0.25, 0.3) is 0 Å². The molecule has 4 saturated heterocycles. The predicted octanol–water partition coefficient (Wildman–Crippen LogP) is 5.69. The minimum Gasteiger partial charge on any atom is -0.454 e. The van der Waals surface area contributed by atoms with Crippen LogP contribution in [0.1, 0.15) is 90.6 Å². The van der Waals surface area contributed by atoms with Gasteiger partial charge in [0, 0.05) is 12.0 Å². The van der Waals surface area contributed by atoms with Crippen LogP contribution < -0.4 is 0 Å². The topological polar surface area (TPSA) is 130 Å². The molecule has 0 spiro atoms. The number of aliphatic hydroxyl groups excluding tert-OH is 1. The third-order valence-electron chi connectivity index (χ3n) is 9.51. The third-order valence-corrected chi connectivity index (χ3v) is 9.51. The molecule has 0 amide bonds. The van der Waals surface area contributed by atoms with Crippen molar-refractivity contribution >= 4 is 5.97 Å². The molecule has 2 aromatic carbocycles. The zero-order chi connectivity index (χ0) is 36.0. The summed E-state index contributed by atoms with van der Waals surface area (Å²) in [6.07, 6.45) is -4.01. The van der Waals surface area contributed by atoms with E-state index in [2.05, 4.69) is 6.92 Å². The smallest absolute Gasteiger partial charge is 0.306 e. The molecule has 0 aromatic heterocycles. The highest BCUT2D eigenvalue weighted by atomic mass is 16.8. The predicted molar refractivity (Wildman–Crippen MR) is 183 cm³/mol. The molecule has 2 unspecified atom stereocenters. The van der Waals surface area contributed by atoms with Crippen molar-refractivity contribution in [3.8, 4) is 0 Å². The molecule has 1 N–H and O–H groups in total. The fourth-order valence-electron chi connectivity index (χ4n) is 7.02. The van der Waals surface area contributed by atoms with Gasteiger partial charge in [-0.3, -0.25) is 4.79 Å². The van der Waals surface area contributed by atoms with Gasteiger partial charge in [0.25, 0.3) is 0 Å². The molecule has 2 aromatic rings. The van der Waals surface area contributed by atoms with Crippen LogP contribution in [0.3, 0.4) is 0 Å². The maximum atomic E-state index is 13.5. The Kier molecular flexibility index (Phi) is 12.8. The Morgan fingerprint density at radius 1 is 0.824 bits per heavy atom. The van der Waals surface area contributed by atoms with Gasteiger partial charge in [0.2, 0.25) is 6.29 Å². The second-order valence-corrected chi connectivity index (χ2v) is 14.6. The van der Waals surface area contributed by atoms with Crippen LogP contribution in [-0.2, 0) is 58.8 Å². The van der Waals surface area contributed by atoms with E-state index in [0.717, 1.165) is 36.8 Å². The molecule has 12 heteroatoms. The second kappa shape index (κ2) is 17.1. The van der Waals surface area contributed by atoms with Crippen molar-refractivity contribution in [1.82, 2.24) is 0 Å². The lowest BCUT2D eigenvalue weighted by Gasteiger charge is -2.49. The summed E-state index contributed by atoms with van der Waals surface area (Å²) in [5.41, 5.74) is 1.76. The summed E-state index contributed by atoms with van der Waals surface area (Å²) in [5, 5.41) is 11.7. The zero-order valence-electron chi connectivity index (χ0n) is 30.3. The molecule has 4 aliphatic rings. The van der Waals surface area contributed by atoms with Crippen LogP contribution >= 0.6 is 0 Å². The Labute approximate surface area is 300 Å². The van der Waals surface area contributed by atoms with Crippen LogP contribution in [0.5, 0.6) is 0 Å². The zero-order valence-corrected chi connectivity index (χ0v) is 30.3. The first-order valence-corrected chi connectivity index (χ1v) is 18.4. The molecular formula is C39H54O12. The summed E-state index contributed by atoms with van der Waals surface area (Å²) in [6, 6.07) is 19.3. The molecule has 12 nitrogen and oxygen atoms in total. The van der Waals surface area contributed by atoms with E-state index in [9.17, 15) is 9.90 Å². The number of hydrogen-bond donors (Lipinski definition) is 1. The van der Waals surface area contributed by atoms with Crippen molar-refractivity contribution in [3.05, 3.63) is 71.8 Å². The molecule has 6 rings (SSSR count). The molecule has 4 fully saturated rings. The summed E-state index contributed by atoms with van der Waals surface area (Å²) in [4.78, 5) is 13.5. The van der Waals surface area contributed by atoms with E-state index in [4.69, 9.17) is 47.4 Å². The van der Waals surface area contributed by atoms with Crippen LogP contribution in [-0.4, -0.2) is 91.2 Å². The number of rotatable bonds is 15. The van der Waals surface area contributed by atoms with Gasteiger partial charge in [-0.05, 0) is 39.7 Å². The van der Waals surface area contributed by atoms with Gasteiger partial charge in [-0.1, -0.05) is 93.3 Å². The van der Waals surface area contributed by atoms with Crippen molar-refractivity contribution in [2.45, 2.75) is 153 Å². The molecule has 0 radical (unpaired) electrons. The van der Waals surface area contributed by atoms with Crippen molar-refractivity contribution in [1.29, 1.82) is 0 Å². The lowest BCUT2D eigenvalue weighted by Crippen LogP contribution is -2.64. The molecule has 51 heavy (non-hydrogen) atoms. The Balaban J connectivity index is 1.26. The highest BCUT2D eigenvalue weighted by Gasteiger charge is 2.56. The molecular weight excluding hydrogens is 660 g/mol. The molecule has 4 aliphatic heterocycles. The normalized spacial score (nSPS) is 33.4. The monoisotopic (exact) mass is 714 g/mol. The molecule has 10 atom stereocenters. The summed E-state index contributed by atoms with van der Waals surface area (Å²) in [7, 11) is 0. The molecule has 0 bridgehead atoms. The van der Waals surface area contributed by atoms with Crippen molar-refractivity contribution < 1.29 is 57.3 Å². The Morgan fingerprint density at radius 3 is 2.25 bits per heavy atom. The van der Waals surface area contributed by atoms with Crippen LogP contribution in [0.15, 0.2) is 60.7 Å². The summed E-state index contributed by atoms with van der Waals surface area (Å²) in [5.74, 6) is -2.28. The van der Waals surface area contributed by atoms with Gasteiger partial charge in [-0.25, -0.2) is 0 Å². The van der Waals surface area contributed by atoms with Gasteiger partial charge in [0.15, 0.2) is 30.3 Å². The lowest BCUT2D eigenvalue weighted by molar-refractivity contribution is -0.386. The summed E-state index contributed by atoms with van der Waals surface area (Å²) in [6.45, 7) is 9.90. The Hall–Kier alpha value is -2.49. The number of aliphatic hydroxyl groups is 1. The second-order valence-electron chi connectivity index (χ2n) is 14.6. The van der Waals surface area contributed by atoms with Gasteiger partial charge in [-0.2, -0.15) is 0 Å². The number of unbranched alkanes of at least 4 members (excludes halogenated alkanes) is 4. The Morgan fingerprint density at radius 2 is 1.55 bits per heavy atom. The Bertz CT molecular complexity index is 1370. The number of hydrogen-bond acceptors (Lipinski definition) is 12. The average molecular weight is 715 g/mol. The van der Waals surface area contributed by atoms with Crippen LogP contribution in [0.4, 0.5) is 0 Å². The maximum absolute atomic E-state index is 13.5. The van der Waals surface area contributed by atoms with E-state index < -0.39 is 79.1 Å². The molecule has 0 aliphatic carbocycles. The SMILES string of the molecule is CCCCCCCC(=O)O[C@@H]1[C@H](OC(O)[C@H]2OC(C)(C)O[C@@H]2[C@H]2COC(C)(C)O2)O[C@@H]2COC(c3ccccc3)O[C@H]2[C@@H]1OCc1ccccc1. The molecule has 0 saturated carbocycles. The number of benzene rings is 2.